The van der Waals surface area contributed by atoms with E-state index in [1.54, 1.807) is 0 Å². The van der Waals surface area contributed by atoms with Crippen molar-refractivity contribution in [3.05, 3.63) is 79.4 Å². The van der Waals surface area contributed by atoms with E-state index in [2.05, 4.69) is 116 Å². The molecule has 0 fully saturated rings. The molecule has 5 heteroatoms. The van der Waals surface area contributed by atoms with Crippen LogP contribution in [0, 0.1) is 7.14 Å². The van der Waals surface area contributed by atoms with E-state index in [-0.39, 0.29) is 0 Å². The van der Waals surface area contributed by atoms with Gasteiger partial charge in [-0.2, -0.15) is 0 Å². The van der Waals surface area contributed by atoms with Crippen molar-refractivity contribution >= 4 is 67.0 Å². The highest BCUT2D eigenvalue weighted by molar-refractivity contribution is 14.1. The maximum Gasteiger partial charge on any atom is 0.0843 e. The van der Waals surface area contributed by atoms with E-state index in [4.69, 9.17) is 0 Å². The normalized spacial score (nSPS) is 12.7. The third kappa shape index (κ3) is 4.53. The predicted octanol–water partition coefficient (Wildman–Crippen LogP) is 5.20. The lowest BCUT2D eigenvalue weighted by Crippen LogP contribution is -2.31. The number of nitrogens with one attached hydrogen (secondary N) is 1. The van der Waals surface area contributed by atoms with Crippen LogP contribution in [0.4, 0.5) is 0 Å². The number of aliphatic hydroxyl groups excluding tert-OH is 1. The van der Waals surface area contributed by atoms with E-state index in [9.17, 15) is 5.11 Å². The van der Waals surface area contributed by atoms with Gasteiger partial charge in [0.1, 0.15) is 0 Å². The Morgan fingerprint density at radius 2 is 1.46 bits per heavy atom. The lowest BCUT2D eigenvalue weighted by molar-refractivity contribution is 0.154. The first-order valence-corrected chi connectivity index (χ1v) is 11.6. The van der Waals surface area contributed by atoms with Crippen molar-refractivity contribution in [3.8, 4) is 0 Å². The molecule has 0 bridgehead atoms. The first-order valence-electron chi connectivity index (χ1n) is 9.41. The number of benzene rings is 3. The largest absolute Gasteiger partial charge is 0.390 e. The summed E-state index contributed by atoms with van der Waals surface area (Å²) in [6.07, 6.45) is 0.535. The number of halogens is 2. The molecule has 0 radical (unpaired) electrons. The van der Waals surface area contributed by atoms with Crippen molar-refractivity contribution in [1.29, 1.82) is 0 Å². The van der Waals surface area contributed by atoms with Crippen molar-refractivity contribution in [2.75, 3.05) is 13.1 Å². The zero-order valence-electron chi connectivity index (χ0n) is 15.4. The van der Waals surface area contributed by atoms with Crippen LogP contribution in [-0.4, -0.2) is 28.9 Å². The Morgan fingerprint density at radius 3 is 2.07 bits per heavy atom. The predicted molar refractivity (Wildman–Crippen MR) is 134 cm³/mol. The van der Waals surface area contributed by atoms with Crippen LogP contribution in [-0.2, 0) is 13.0 Å². The van der Waals surface area contributed by atoms with Gasteiger partial charge in [0, 0.05) is 35.5 Å². The summed E-state index contributed by atoms with van der Waals surface area (Å²) >= 11 is 4.72. The van der Waals surface area contributed by atoms with Gasteiger partial charge < -0.3 is 15.0 Å². The number of nitrogens with zero attached hydrogens (tertiary/aromatic N) is 1. The van der Waals surface area contributed by atoms with Crippen molar-refractivity contribution in [1.82, 2.24) is 9.88 Å². The molecular weight excluding hydrogens is 574 g/mol. The molecule has 0 spiro atoms. The molecule has 3 aromatic carbocycles. The first kappa shape index (κ1) is 20.1. The Kier molecular flexibility index (Phi) is 6.55. The molecule has 1 heterocycles. The zero-order chi connectivity index (χ0) is 19.5. The first-order chi connectivity index (χ1) is 13.6. The lowest BCUT2D eigenvalue weighted by atomic mass is 10.1. The van der Waals surface area contributed by atoms with Crippen molar-refractivity contribution in [2.24, 2.45) is 0 Å². The molecule has 1 atom stereocenters. The van der Waals surface area contributed by atoms with Gasteiger partial charge in [0.2, 0.25) is 0 Å². The van der Waals surface area contributed by atoms with Gasteiger partial charge >= 0.3 is 0 Å². The van der Waals surface area contributed by atoms with Crippen molar-refractivity contribution in [3.63, 3.8) is 0 Å². The van der Waals surface area contributed by atoms with Gasteiger partial charge in [0.05, 0.1) is 12.6 Å². The molecule has 4 aromatic rings. The van der Waals surface area contributed by atoms with Gasteiger partial charge in [-0.15, -0.1) is 0 Å². The minimum atomic E-state index is -0.437. The van der Waals surface area contributed by atoms with E-state index in [0.717, 1.165) is 13.0 Å². The highest BCUT2D eigenvalue weighted by atomic mass is 127. The molecule has 28 heavy (non-hydrogen) atoms. The van der Waals surface area contributed by atoms with Gasteiger partial charge in [-0.05, 0) is 100 Å². The minimum Gasteiger partial charge on any atom is -0.390 e. The molecule has 4 rings (SSSR count). The van der Waals surface area contributed by atoms with E-state index >= 15 is 0 Å². The molecule has 0 unspecified atom stereocenters. The van der Waals surface area contributed by atoms with Crippen molar-refractivity contribution in [2.45, 2.75) is 19.1 Å². The second-order valence-electron chi connectivity index (χ2n) is 7.03. The summed E-state index contributed by atoms with van der Waals surface area (Å²) in [4.78, 5) is 0. The summed E-state index contributed by atoms with van der Waals surface area (Å²) in [5.41, 5.74) is 3.68. The molecule has 0 aliphatic rings. The maximum atomic E-state index is 10.7. The summed E-state index contributed by atoms with van der Waals surface area (Å²) in [7, 11) is 0. The number of hydrogen-bond donors (Lipinski definition) is 2. The van der Waals surface area contributed by atoms with E-state index < -0.39 is 6.10 Å². The Morgan fingerprint density at radius 1 is 0.857 bits per heavy atom. The minimum absolute atomic E-state index is 0.437. The number of rotatable bonds is 7. The van der Waals surface area contributed by atoms with Gasteiger partial charge in [-0.1, -0.05) is 30.3 Å². The van der Waals surface area contributed by atoms with Crippen LogP contribution in [0.1, 0.15) is 5.56 Å². The second-order valence-corrected chi connectivity index (χ2v) is 9.52. The van der Waals surface area contributed by atoms with Crippen molar-refractivity contribution < 1.29 is 5.11 Å². The molecule has 0 saturated carbocycles. The molecule has 1 aromatic heterocycles. The van der Waals surface area contributed by atoms with Crippen LogP contribution in [0.15, 0.2) is 66.7 Å². The molecular formula is C23H22I2N2O. The highest BCUT2D eigenvalue weighted by Crippen LogP contribution is 2.31. The summed E-state index contributed by atoms with van der Waals surface area (Å²) in [6.45, 7) is 2.03. The number of aliphatic hydroxyl groups is 1. The summed E-state index contributed by atoms with van der Waals surface area (Å²) in [5.74, 6) is 0. The molecule has 3 nitrogen and oxygen atoms in total. The highest BCUT2D eigenvalue weighted by Gasteiger charge is 2.14. The van der Waals surface area contributed by atoms with Crippen LogP contribution in [0.25, 0.3) is 21.8 Å². The smallest absolute Gasteiger partial charge is 0.0843 e. The third-order valence-electron chi connectivity index (χ3n) is 5.00. The van der Waals surface area contributed by atoms with E-state index in [0.29, 0.717) is 13.1 Å². The maximum absolute atomic E-state index is 10.7. The van der Waals surface area contributed by atoms with Gasteiger partial charge in [0.25, 0.3) is 0 Å². The fraction of sp³-hybridized carbons (Fsp3) is 0.217. The van der Waals surface area contributed by atoms with Crippen LogP contribution in [0.2, 0.25) is 0 Å². The molecule has 0 amide bonds. The number of aromatic nitrogens is 1. The molecule has 0 saturated heterocycles. The average molecular weight is 596 g/mol. The fourth-order valence-corrected chi connectivity index (χ4v) is 4.65. The van der Waals surface area contributed by atoms with E-state index in [1.165, 1.54) is 34.5 Å². The molecule has 144 valence electrons. The Labute approximate surface area is 192 Å². The summed E-state index contributed by atoms with van der Waals surface area (Å²) < 4.78 is 4.71. The Balaban J connectivity index is 1.49. The topological polar surface area (TPSA) is 37.2 Å². The quantitative estimate of drug-likeness (QED) is 0.228. The van der Waals surface area contributed by atoms with Gasteiger partial charge in [-0.3, -0.25) is 0 Å². The van der Waals surface area contributed by atoms with E-state index in [1.807, 2.05) is 6.07 Å². The van der Waals surface area contributed by atoms with Crippen LogP contribution in [0.5, 0.6) is 0 Å². The van der Waals surface area contributed by atoms with Crippen LogP contribution >= 0.6 is 45.2 Å². The SMILES string of the molecule is O[C@H](CNCCc1ccccc1)Cn1c2ccc(I)cc2c2cc(I)ccc21. The standard InChI is InChI=1S/C23H22I2N2O/c24-17-6-8-22-20(12-17)21-13-18(25)7-9-23(21)27(22)15-19(28)14-26-11-10-16-4-2-1-3-5-16/h1-9,12-13,19,26,28H,10-11,14-15H2/t19-/m1/s1. The Bertz CT molecular complexity index is 1030. The van der Waals surface area contributed by atoms with Gasteiger partial charge in [0.15, 0.2) is 0 Å². The zero-order valence-corrected chi connectivity index (χ0v) is 19.7. The lowest BCUT2D eigenvalue weighted by Gasteiger charge is -2.15. The average Bonchev–Trinajstić information content (AvgIpc) is 2.98. The van der Waals surface area contributed by atoms with Gasteiger partial charge in [-0.25, -0.2) is 0 Å². The number of hydrogen-bond acceptors (Lipinski definition) is 2. The Hall–Kier alpha value is -1.16. The van der Waals surface area contributed by atoms with Crippen LogP contribution < -0.4 is 5.32 Å². The summed E-state index contributed by atoms with van der Waals surface area (Å²) in [6, 6.07) is 23.5. The fourth-order valence-electron chi connectivity index (χ4n) is 3.67. The summed E-state index contributed by atoms with van der Waals surface area (Å²) in [5, 5.41) is 16.6. The number of fused-ring (bicyclic) bond motifs is 3. The monoisotopic (exact) mass is 596 g/mol. The van der Waals surface area contributed by atoms with Crippen LogP contribution in [0.3, 0.4) is 0 Å². The molecule has 2 N–H and O–H groups in total. The molecule has 0 aliphatic carbocycles. The second kappa shape index (κ2) is 9.11. The third-order valence-corrected chi connectivity index (χ3v) is 6.34. The molecule has 0 aliphatic heterocycles.